The average molecular weight is 590 g/mol. The van der Waals surface area contributed by atoms with Crippen molar-refractivity contribution >= 4 is 34.9 Å². The molecule has 0 saturated heterocycles. The number of aromatic nitrogens is 2. The van der Waals surface area contributed by atoms with E-state index in [-0.39, 0.29) is 5.92 Å². The van der Waals surface area contributed by atoms with Crippen LogP contribution in [0, 0.1) is 5.92 Å². The zero-order chi connectivity index (χ0) is 30.2. The predicted molar refractivity (Wildman–Crippen MR) is 181 cm³/mol. The Balaban J connectivity index is 0.000000564. The first-order valence-electron chi connectivity index (χ1n) is 13.8. The van der Waals surface area contributed by atoms with Crippen LogP contribution >= 0.6 is 23.2 Å². The van der Waals surface area contributed by atoms with Gasteiger partial charge in [-0.25, -0.2) is 4.98 Å². The molecule has 41 heavy (non-hydrogen) atoms. The first kappa shape index (κ1) is 33.7. The highest BCUT2D eigenvalue weighted by Gasteiger charge is 2.09. The van der Waals surface area contributed by atoms with Crippen LogP contribution in [0.15, 0.2) is 109 Å². The molecule has 0 N–H and O–H groups in total. The van der Waals surface area contributed by atoms with Crippen molar-refractivity contribution in [2.24, 2.45) is 13.0 Å². The minimum atomic E-state index is 0.209. The summed E-state index contributed by atoms with van der Waals surface area (Å²) in [7, 11) is 3.63. The van der Waals surface area contributed by atoms with Crippen LogP contribution in [0.2, 0.25) is 10.0 Å². The minimum Gasteiger partial charge on any atom is -0.497 e. The van der Waals surface area contributed by atoms with E-state index in [1.165, 1.54) is 18.4 Å². The van der Waals surface area contributed by atoms with Gasteiger partial charge in [-0.15, -0.1) is 0 Å². The summed E-state index contributed by atoms with van der Waals surface area (Å²) < 4.78 is 7.22. The number of hydrogen-bond acceptors (Lipinski definition) is 2. The van der Waals surface area contributed by atoms with E-state index >= 15 is 0 Å². The molecular formula is C36H42Cl2N2O. The van der Waals surface area contributed by atoms with Crippen LogP contribution in [0.1, 0.15) is 51.9 Å². The molecule has 2 aromatic carbocycles. The Morgan fingerprint density at radius 3 is 2.44 bits per heavy atom. The van der Waals surface area contributed by atoms with Gasteiger partial charge in [0.25, 0.3) is 0 Å². The molecule has 0 fully saturated rings. The molecule has 1 aromatic heterocycles. The number of rotatable bonds is 11. The molecule has 5 heteroatoms. The topological polar surface area (TPSA) is 27.1 Å². The Bertz CT molecular complexity index is 1410. The van der Waals surface area contributed by atoms with Gasteiger partial charge in [0.1, 0.15) is 11.6 Å². The van der Waals surface area contributed by atoms with Crippen molar-refractivity contribution in [1.29, 1.82) is 0 Å². The lowest BCUT2D eigenvalue weighted by atomic mass is 10.0. The van der Waals surface area contributed by atoms with Crippen molar-refractivity contribution in [2.45, 2.75) is 40.5 Å². The number of allylic oxidation sites excluding steroid dienone is 10. The lowest BCUT2D eigenvalue weighted by Crippen LogP contribution is -1.91. The van der Waals surface area contributed by atoms with Gasteiger partial charge in [-0.3, -0.25) is 0 Å². The minimum absolute atomic E-state index is 0.209. The van der Waals surface area contributed by atoms with Gasteiger partial charge in [0.15, 0.2) is 0 Å². The summed E-state index contributed by atoms with van der Waals surface area (Å²) in [5.41, 5.74) is 5.34. The Morgan fingerprint density at radius 1 is 1.10 bits per heavy atom. The van der Waals surface area contributed by atoms with Crippen molar-refractivity contribution in [3.8, 4) is 17.0 Å². The molecule has 0 aliphatic heterocycles. The van der Waals surface area contributed by atoms with Gasteiger partial charge in [0.05, 0.1) is 17.8 Å². The van der Waals surface area contributed by atoms with E-state index in [1.807, 2.05) is 66.4 Å². The molecule has 0 aliphatic carbocycles. The molecule has 1 heterocycles. The number of nitrogens with zero attached hydrogens (tertiary/aromatic N) is 2. The summed E-state index contributed by atoms with van der Waals surface area (Å²) in [6.45, 7) is 12.3. The SMILES string of the molecule is C/C=C\CC/C(C)=C\C.C=C/C=C(\C=C/C(C)/C=C/c1nc(-c2ccc(Cl)cc2Cl)cn1C)c1ccc(OC)cc1. The number of hydrogen-bond donors (Lipinski definition) is 0. The molecule has 0 spiro atoms. The number of imidazole rings is 1. The summed E-state index contributed by atoms with van der Waals surface area (Å²) in [5, 5.41) is 1.19. The lowest BCUT2D eigenvalue weighted by molar-refractivity contribution is 0.415. The third kappa shape index (κ3) is 11.5. The highest BCUT2D eigenvalue weighted by Crippen LogP contribution is 2.30. The molecule has 0 radical (unpaired) electrons. The maximum atomic E-state index is 6.34. The Hall–Kier alpha value is -3.53. The second-order valence-corrected chi connectivity index (χ2v) is 10.5. The summed E-state index contributed by atoms with van der Waals surface area (Å²) >= 11 is 12.3. The van der Waals surface area contributed by atoms with Crippen LogP contribution < -0.4 is 4.74 Å². The highest BCUT2D eigenvalue weighted by molar-refractivity contribution is 6.36. The second kappa shape index (κ2) is 18.0. The first-order chi connectivity index (χ1) is 19.7. The average Bonchev–Trinajstić information content (AvgIpc) is 3.34. The van der Waals surface area contributed by atoms with E-state index in [4.69, 9.17) is 32.9 Å². The van der Waals surface area contributed by atoms with Crippen LogP contribution in [0.3, 0.4) is 0 Å². The predicted octanol–water partition coefficient (Wildman–Crippen LogP) is 11.2. The van der Waals surface area contributed by atoms with E-state index in [9.17, 15) is 0 Å². The zero-order valence-corrected chi connectivity index (χ0v) is 26.6. The highest BCUT2D eigenvalue weighted by atomic mass is 35.5. The van der Waals surface area contributed by atoms with E-state index in [2.05, 4.69) is 70.7 Å². The fraction of sp³-hybridized carbons (Fsp3) is 0.250. The van der Waals surface area contributed by atoms with Gasteiger partial charge >= 0.3 is 0 Å². The van der Waals surface area contributed by atoms with Crippen LogP contribution in [-0.2, 0) is 7.05 Å². The summed E-state index contributed by atoms with van der Waals surface area (Å²) in [6.07, 6.45) is 23.0. The van der Waals surface area contributed by atoms with Gasteiger partial charge in [0, 0.05) is 23.8 Å². The maximum Gasteiger partial charge on any atom is 0.132 e. The van der Waals surface area contributed by atoms with Crippen molar-refractivity contribution in [2.75, 3.05) is 7.11 Å². The van der Waals surface area contributed by atoms with Crippen LogP contribution in [0.4, 0.5) is 0 Å². The van der Waals surface area contributed by atoms with Gasteiger partial charge < -0.3 is 9.30 Å². The van der Waals surface area contributed by atoms with Gasteiger partial charge in [0.2, 0.25) is 0 Å². The summed E-state index contributed by atoms with van der Waals surface area (Å²) in [6, 6.07) is 13.4. The van der Waals surface area contributed by atoms with Gasteiger partial charge in [-0.2, -0.15) is 0 Å². The zero-order valence-electron chi connectivity index (χ0n) is 25.1. The largest absolute Gasteiger partial charge is 0.497 e. The van der Waals surface area contributed by atoms with Crippen LogP contribution in [0.25, 0.3) is 22.9 Å². The maximum absolute atomic E-state index is 6.34. The van der Waals surface area contributed by atoms with Crippen molar-refractivity contribution in [3.05, 3.63) is 131 Å². The van der Waals surface area contributed by atoms with Gasteiger partial charge in [-0.1, -0.05) is 103 Å². The summed E-state index contributed by atoms with van der Waals surface area (Å²) in [5.74, 6) is 1.89. The van der Waals surface area contributed by atoms with E-state index < -0.39 is 0 Å². The monoisotopic (exact) mass is 588 g/mol. The smallest absolute Gasteiger partial charge is 0.132 e. The lowest BCUT2D eigenvalue weighted by Gasteiger charge is -2.05. The standard InChI is InChI=1S/C27H26Cl2N2O.C9H16/c1-5-6-20(21-10-13-23(32-4)14-11-21)9-7-19(2)8-16-27-30-26(18-31(27)3)24-15-12-22(28)17-25(24)29;1-4-6-7-8-9(3)5-2/h5-19H,1H2,2-4H3;4-6H,7-8H2,1-3H3/b9-7-,16-8+,20-6+;6-4-,9-5-. The van der Waals surface area contributed by atoms with Crippen molar-refractivity contribution < 1.29 is 4.74 Å². The number of benzene rings is 2. The number of aryl methyl sites for hydroxylation is 1. The summed E-state index contributed by atoms with van der Waals surface area (Å²) in [4.78, 5) is 4.72. The molecule has 0 aliphatic rings. The molecule has 0 saturated carbocycles. The third-order valence-corrected chi connectivity index (χ3v) is 6.95. The van der Waals surface area contributed by atoms with Crippen LogP contribution in [0.5, 0.6) is 5.75 Å². The normalized spacial score (nSPS) is 13.1. The second-order valence-electron chi connectivity index (χ2n) is 9.63. The van der Waals surface area contributed by atoms with E-state index in [0.717, 1.165) is 34.0 Å². The van der Waals surface area contributed by atoms with E-state index in [1.54, 1.807) is 19.3 Å². The molecular weight excluding hydrogens is 547 g/mol. The third-order valence-electron chi connectivity index (χ3n) is 6.40. The van der Waals surface area contributed by atoms with Crippen molar-refractivity contribution in [3.63, 3.8) is 0 Å². The van der Waals surface area contributed by atoms with E-state index in [0.29, 0.717) is 10.0 Å². The molecule has 3 rings (SSSR count). The molecule has 216 valence electrons. The Labute approximate surface area is 256 Å². The van der Waals surface area contributed by atoms with Crippen molar-refractivity contribution in [1.82, 2.24) is 9.55 Å². The fourth-order valence-corrected chi connectivity index (χ4v) is 4.31. The number of ether oxygens (including phenoxy) is 1. The molecule has 1 atom stereocenters. The number of methoxy groups -OCH3 is 1. The fourth-order valence-electron chi connectivity index (χ4n) is 3.80. The Kier molecular flexibility index (Phi) is 14.8. The Morgan fingerprint density at radius 2 is 1.83 bits per heavy atom. The molecule has 3 nitrogen and oxygen atoms in total. The number of halogens is 2. The van der Waals surface area contributed by atoms with Crippen LogP contribution in [-0.4, -0.2) is 16.7 Å². The molecule has 3 aromatic rings. The molecule has 0 bridgehead atoms. The first-order valence-corrected chi connectivity index (χ1v) is 14.5. The quantitative estimate of drug-likeness (QED) is 0.164. The van der Waals surface area contributed by atoms with Gasteiger partial charge in [-0.05, 0) is 87.1 Å². The molecule has 1 unspecified atom stereocenters. The molecule has 0 amide bonds.